The molecule has 1 aliphatic heterocycles. The van der Waals surface area contributed by atoms with Crippen LogP contribution in [0.2, 0.25) is 0 Å². The van der Waals surface area contributed by atoms with Crippen molar-refractivity contribution in [3.05, 3.63) is 59.7 Å². The van der Waals surface area contributed by atoms with Crippen LogP contribution in [0.4, 0.5) is 11.4 Å². The van der Waals surface area contributed by atoms with Gasteiger partial charge in [0.2, 0.25) is 5.91 Å². The number of likely N-dealkylation sites (N-methyl/N-ethyl adjacent to an activating group) is 1. The fourth-order valence-electron chi connectivity index (χ4n) is 3.12. The van der Waals surface area contributed by atoms with E-state index in [4.69, 9.17) is 4.74 Å². The summed E-state index contributed by atoms with van der Waals surface area (Å²) in [6, 6.07) is 13.5. The van der Waals surface area contributed by atoms with Crippen LogP contribution in [0, 0.1) is 0 Å². The summed E-state index contributed by atoms with van der Waals surface area (Å²) in [6.07, 6.45) is 2.75. The van der Waals surface area contributed by atoms with E-state index in [1.165, 1.54) is 16.5 Å². The summed E-state index contributed by atoms with van der Waals surface area (Å²) in [7, 11) is 3.40. The van der Waals surface area contributed by atoms with Crippen LogP contribution < -0.4 is 15.4 Å². The molecular formula is C24H29N3O3. The molecular weight excluding hydrogens is 378 g/mol. The van der Waals surface area contributed by atoms with Crippen molar-refractivity contribution in [3.63, 3.8) is 0 Å². The van der Waals surface area contributed by atoms with Gasteiger partial charge in [0.1, 0.15) is 5.75 Å². The van der Waals surface area contributed by atoms with Crippen molar-refractivity contribution >= 4 is 29.3 Å². The zero-order valence-electron chi connectivity index (χ0n) is 18.2. The van der Waals surface area contributed by atoms with Gasteiger partial charge in [-0.1, -0.05) is 45.0 Å². The summed E-state index contributed by atoms with van der Waals surface area (Å²) in [6.45, 7) is 6.89. The highest BCUT2D eigenvalue weighted by atomic mass is 16.5. The number of ether oxygens (including phenoxy) is 1. The second-order valence-electron chi connectivity index (χ2n) is 8.63. The highest BCUT2D eigenvalue weighted by Gasteiger charge is 2.27. The maximum Gasteiger partial charge on any atom is 0.264 e. The van der Waals surface area contributed by atoms with E-state index in [2.05, 4.69) is 43.5 Å². The number of nitrogens with one attached hydrogen (secondary N) is 2. The number of rotatable bonds is 4. The summed E-state index contributed by atoms with van der Waals surface area (Å²) < 4.78 is 5.77. The highest BCUT2D eigenvalue weighted by Crippen LogP contribution is 2.32. The van der Waals surface area contributed by atoms with Crippen LogP contribution in [0.1, 0.15) is 31.9 Å². The summed E-state index contributed by atoms with van der Waals surface area (Å²) in [5.41, 5.74) is 3.72. The van der Waals surface area contributed by atoms with E-state index in [1.807, 2.05) is 12.1 Å². The Morgan fingerprint density at radius 3 is 2.47 bits per heavy atom. The molecule has 0 radical (unpaired) electrons. The molecule has 2 aromatic rings. The number of hydrogen-bond acceptors (Lipinski definition) is 4. The minimum absolute atomic E-state index is 0.0915. The van der Waals surface area contributed by atoms with Gasteiger partial charge in [0, 0.05) is 25.9 Å². The molecule has 0 spiro atoms. The van der Waals surface area contributed by atoms with Gasteiger partial charge in [-0.3, -0.25) is 9.59 Å². The van der Waals surface area contributed by atoms with Crippen LogP contribution >= 0.6 is 0 Å². The van der Waals surface area contributed by atoms with Crippen LogP contribution in [0.5, 0.6) is 5.75 Å². The molecule has 158 valence electrons. The van der Waals surface area contributed by atoms with E-state index in [0.29, 0.717) is 18.0 Å². The zero-order valence-corrected chi connectivity index (χ0v) is 18.2. The van der Waals surface area contributed by atoms with Gasteiger partial charge < -0.3 is 20.3 Å². The monoisotopic (exact) mass is 407 g/mol. The van der Waals surface area contributed by atoms with E-state index in [1.54, 1.807) is 38.4 Å². The van der Waals surface area contributed by atoms with Gasteiger partial charge in [-0.25, -0.2) is 0 Å². The minimum Gasteiger partial charge on any atom is -0.477 e. The Labute approximate surface area is 177 Å². The van der Waals surface area contributed by atoms with Crippen molar-refractivity contribution in [3.8, 4) is 5.75 Å². The molecule has 1 unspecified atom stereocenters. The van der Waals surface area contributed by atoms with Gasteiger partial charge >= 0.3 is 0 Å². The smallest absolute Gasteiger partial charge is 0.264 e. The molecule has 1 atom stereocenters. The van der Waals surface area contributed by atoms with Crippen molar-refractivity contribution in [1.82, 2.24) is 4.90 Å². The number of benzene rings is 2. The zero-order chi connectivity index (χ0) is 21.9. The van der Waals surface area contributed by atoms with Gasteiger partial charge in [-0.15, -0.1) is 0 Å². The summed E-state index contributed by atoms with van der Waals surface area (Å²) in [4.78, 5) is 25.9. The molecule has 3 rings (SSSR count). The standard InChI is InChI=1S/C24H29N3O3/c1-24(2,3)17-9-6-16(7-10-17)8-13-22(28)26-18-11-12-20-19(14-18)25-15-21(30-20)23(29)27(4)5/h6-14,21,25H,15H2,1-5H3,(H,26,28)/b13-8+. The van der Waals surface area contributed by atoms with Crippen LogP contribution in [-0.2, 0) is 15.0 Å². The van der Waals surface area contributed by atoms with Crippen molar-refractivity contribution in [2.45, 2.75) is 32.3 Å². The van der Waals surface area contributed by atoms with Crippen molar-refractivity contribution < 1.29 is 14.3 Å². The van der Waals surface area contributed by atoms with Gasteiger partial charge in [-0.2, -0.15) is 0 Å². The Kier molecular flexibility index (Phi) is 6.15. The number of anilines is 2. The molecule has 0 aliphatic carbocycles. The van der Waals surface area contributed by atoms with E-state index >= 15 is 0 Å². The number of fused-ring (bicyclic) bond motifs is 1. The van der Waals surface area contributed by atoms with Crippen LogP contribution in [0.25, 0.3) is 6.08 Å². The number of carbonyl (C=O) groups is 2. The molecule has 2 N–H and O–H groups in total. The third kappa shape index (κ3) is 5.20. The predicted molar refractivity (Wildman–Crippen MR) is 121 cm³/mol. The minimum atomic E-state index is -0.555. The Hall–Kier alpha value is -3.28. The van der Waals surface area contributed by atoms with Crippen LogP contribution in [-0.4, -0.2) is 43.5 Å². The molecule has 2 amide bonds. The molecule has 0 fully saturated rings. The van der Waals surface area contributed by atoms with Crippen molar-refractivity contribution in [2.24, 2.45) is 0 Å². The maximum atomic E-state index is 12.3. The van der Waals surface area contributed by atoms with Crippen molar-refractivity contribution in [2.75, 3.05) is 31.3 Å². The van der Waals surface area contributed by atoms with Crippen LogP contribution in [0.15, 0.2) is 48.5 Å². The summed E-state index contributed by atoms with van der Waals surface area (Å²) in [5.74, 6) is 0.285. The second-order valence-corrected chi connectivity index (χ2v) is 8.63. The predicted octanol–water partition coefficient (Wildman–Crippen LogP) is 3.90. The van der Waals surface area contributed by atoms with E-state index in [9.17, 15) is 9.59 Å². The summed E-state index contributed by atoms with van der Waals surface area (Å²) in [5, 5.41) is 6.05. The first-order valence-electron chi connectivity index (χ1n) is 9.99. The molecule has 0 saturated heterocycles. The van der Waals surface area contributed by atoms with Crippen molar-refractivity contribution in [1.29, 1.82) is 0 Å². The van der Waals surface area contributed by atoms with E-state index in [0.717, 1.165) is 11.3 Å². The van der Waals surface area contributed by atoms with E-state index in [-0.39, 0.29) is 17.2 Å². The molecule has 0 saturated carbocycles. The topological polar surface area (TPSA) is 70.7 Å². The maximum absolute atomic E-state index is 12.3. The Morgan fingerprint density at radius 2 is 1.83 bits per heavy atom. The third-order valence-electron chi connectivity index (χ3n) is 4.91. The SMILES string of the molecule is CN(C)C(=O)C1CNc2cc(NC(=O)/C=C/c3ccc(C(C)(C)C)cc3)ccc2O1. The molecule has 6 heteroatoms. The molecule has 6 nitrogen and oxygen atoms in total. The third-order valence-corrected chi connectivity index (χ3v) is 4.91. The van der Waals surface area contributed by atoms with Gasteiger partial charge in [0.15, 0.2) is 6.10 Å². The lowest BCUT2D eigenvalue weighted by Crippen LogP contribution is -2.44. The average Bonchev–Trinajstić information content (AvgIpc) is 2.71. The van der Waals surface area contributed by atoms with Gasteiger partial charge in [0.05, 0.1) is 12.2 Å². The fourth-order valence-corrected chi connectivity index (χ4v) is 3.12. The van der Waals surface area contributed by atoms with Gasteiger partial charge in [0.25, 0.3) is 5.91 Å². The Bertz CT molecular complexity index is 957. The number of amides is 2. The first-order chi connectivity index (χ1) is 14.1. The highest BCUT2D eigenvalue weighted by molar-refractivity contribution is 6.02. The lowest BCUT2D eigenvalue weighted by molar-refractivity contribution is -0.135. The molecule has 0 aromatic heterocycles. The number of hydrogen-bond donors (Lipinski definition) is 2. The lowest BCUT2D eigenvalue weighted by Gasteiger charge is -2.28. The van der Waals surface area contributed by atoms with Gasteiger partial charge in [-0.05, 0) is 40.8 Å². The molecule has 30 heavy (non-hydrogen) atoms. The quantitative estimate of drug-likeness (QED) is 0.754. The average molecular weight is 408 g/mol. The van der Waals surface area contributed by atoms with Crippen LogP contribution in [0.3, 0.4) is 0 Å². The lowest BCUT2D eigenvalue weighted by atomic mass is 9.87. The Balaban J connectivity index is 1.61. The fraction of sp³-hybridized carbons (Fsp3) is 0.333. The first-order valence-corrected chi connectivity index (χ1v) is 9.99. The number of carbonyl (C=O) groups excluding carboxylic acids is 2. The largest absolute Gasteiger partial charge is 0.477 e. The Morgan fingerprint density at radius 1 is 1.13 bits per heavy atom. The number of nitrogens with zero attached hydrogens (tertiary/aromatic N) is 1. The molecule has 2 aromatic carbocycles. The molecule has 1 heterocycles. The van der Waals surface area contributed by atoms with E-state index < -0.39 is 6.10 Å². The second kappa shape index (κ2) is 8.61. The summed E-state index contributed by atoms with van der Waals surface area (Å²) >= 11 is 0. The normalized spacial score (nSPS) is 15.7. The molecule has 0 bridgehead atoms. The first kappa shape index (κ1) is 21.4. The molecule has 1 aliphatic rings.